The number of thiophene rings is 1. The first-order chi connectivity index (χ1) is 11.4. The van der Waals surface area contributed by atoms with E-state index in [-0.39, 0.29) is 5.91 Å². The van der Waals surface area contributed by atoms with Gasteiger partial charge in [-0.1, -0.05) is 15.9 Å². The minimum atomic E-state index is -0.300. The predicted molar refractivity (Wildman–Crippen MR) is 105 cm³/mol. The number of rotatable bonds is 4. The average molecular weight is 470 g/mol. The molecule has 0 radical (unpaired) electrons. The highest BCUT2D eigenvalue weighted by Gasteiger charge is 2.14. The molecule has 1 aromatic heterocycles. The molecule has 2 rings (SSSR count). The Morgan fingerprint density at radius 1 is 1.38 bits per heavy atom. The van der Waals surface area contributed by atoms with Crippen LogP contribution in [-0.4, -0.2) is 13.0 Å². The van der Waals surface area contributed by atoms with Crippen molar-refractivity contribution < 1.29 is 9.53 Å². The maximum absolute atomic E-state index is 12.2. The maximum atomic E-state index is 12.2. The van der Waals surface area contributed by atoms with E-state index in [1.54, 1.807) is 13.2 Å². The molecule has 124 valence electrons. The molecule has 0 aliphatic carbocycles. The molecule has 24 heavy (non-hydrogen) atoms. The van der Waals surface area contributed by atoms with Crippen LogP contribution in [-0.2, 0) is 4.79 Å². The zero-order chi connectivity index (χ0) is 17.9. The van der Waals surface area contributed by atoms with Crippen LogP contribution in [0.1, 0.15) is 21.6 Å². The highest BCUT2D eigenvalue weighted by Crippen LogP contribution is 2.34. The van der Waals surface area contributed by atoms with E-state index in [2.05, 4.69) is 43.2 Å². The number of nitrogens with zero attached hydrogens (tertiary/aromatic N) is 1. The van der Waals surface area contributed by atoms with Gasteiger partial charge in [-0.2, -0.15) is 5.26 Å². The summed E-state index contributed by atoms with van der Waals surface area (Å²) in [6, 6.07) is 5.86. The van der Waals surface area contributed by atoms with Gasteiger partial charge in [-0.3, -0.25) is 4.79 Å². The number of ether oxygens (including phenoxy) is 1. The highest BCUT2D eigenvalue weighted by atomic mass is 79.9. The molecule has 1 amide bonds. The van der Waals surface area contributed by atoms with Gasteiger partial charge in [0.25, 0.3) is 0 Å². The largest absolute Gasteiger partial charge is 0.495 e. The van der Waals surface area contributed by atoms with Gasteiger partial charge in [0.05, 0.1) is 17.1 Å². The van der Waals surface area contributed by atoms with E-state index in [1.165, 1.54) is 17.4 Å². The molecule has 0 spiro atoms. The maximum Gasteiger partial charge on any atom is 0.249 e. The summed E-state index contributed by atoms with van der Waals surface area (Å²) in [5.41, 5.74) is 2.18. The van der Waals surface area contributed by atoms with Gasteiger partial charge in [0.1, 0.15) is 16.8 Å². The molecule has 4 nitrogen and oxygen atoms in total. The quantitative estimate of drug-likeness (QED) is 0.608. The number of nitriles is 1. The molecule has 0 bridgehead atoms. The van der Waals surface area contributed by atoms with Crippen LogP contribution in [0.3, 0.4) is 0 Å². The van der Waals surface area contributed by atoms with Crippen molar-refractivity contribution in [3.8, 4) is 11.8 Å². The number of carbonyl (C=O) groups excluding carboxylic acids is 1. The lowest BCUT2D eigenvalue weighted by atomic mass is 10.2. The zero-order valence-corrected chi connectivity index (χ0v) is 17.2. The molecule has 2 aromatic rings. The van der Waals surface area contributed by atoms with Crippen molar-refractivity contribution in [2.45, 2.75) is 13.8 Å². The summed E-state index contributed by atoms with van der Waals surface area (Å²) < 4.78 is 7.00. The minimum absolute atomic E-state index is 0.300. The van der Waals surface area contributed by atoms with Crippen LogP contribution < -0.4 is 10.1 Å². The first-order valence-electron chi connectivity index (χ1n) is 6.89. The van der Waals surface area contributed by atoms with Gasteiger partial charge < -0.3 is 10.1 Å². The molecule has 7 heteroatoms. The zero-order valence-electron chi connectivity index (χ0n) is 13.2. The first-order valence-corrected chi connectivity index (χ1v) is 9.29. The second-order valence-corrected chi connectivity index (χ2v) is 7.93. The van der Waals surface area contributed by atoms with Crippen molar-refractivity contribution in [1.82, 2.24) is 0 Å². The fraction of sp³-hybridized carbons (Fsp3) is 0.176. The average Bonchev–Trinajstić information content (AvgIpc) is 2.78. The Morgan fingerprint density at radius 2 is 2.08 bits per heavy atom. The smallest absolute Gasteiger partial charge is 0.249 e. The van der Waals surface area contributed by atoms with Gasteiger partial charge in [-0.05, 0) is 53.5 Å². The Morgan fingerprint density at radius 3 is 2.71 bits per heavy atom. The van der Waals surface area contributed by atoms with Crippen LogP contribution in [0.25, 0.3) is 6.08 Å². The standard InChI is InChI=1S/C17H14Br2N2O2S/c1-9-10(2)24-17(13(9)8-20)21-15(22)5-4-11-6-12(18)7-14(19)16(11)23-3/h4-7H,1-3H3,(H,21,22)/b5-4+. The number of amides is 1. The summed E-state index contributed by atoms with van der Waals surface area (Å²) in [5, 5.41) is 12.6. The van der Waals surface area contributed by atoms with Crippen LogP contribution in [0.4, 0.5) is 5.00 Å². The van der Waals surface area contributed by atoms with Crippen molar-refractivity contribution >= 4 is 60.2 Å². The Balaban J connectivity index is 2.24. The second-order valence-electron chi connectivity index (χ2n) is 4.93. The van der Waals surface area contributed by atoms with E-state index < -0.39 is 0 Å². The Kier molecular flexibility index (Phi) is 6.21. The second kappa shape index (κ2) is 7.97. The Labute approximate surface area is 161 Å². The molecular weight excluding hydrogens is 456 g/mol. The number of nitrogens with one attached hydrogen (secondary N) is 1. The minimum Gasteiger partial charge on any atom is -0.495 e. The molecule has 0 saturated heterocycles. The molecule has 0 atom stereocenters. The fourth-order valence-corrected chi connectivity index (χ4v) is 4.52. The molecule has 1 heterocycles. The van der Waals surface area contributed by atoms with Crippen LogP contribution in [0.15, 0.2) is 27.2 Å². The first kappa shape index (κ1) is 18.7. The van der Waals surface area contributed by atoms with Gasteiger partial charge in [0, 0.05) is 21.0 Å². The van der Waals surface area contributed by atoms with Gasteiger partial charge in [0.15, 0.2) is 0 Å². The van der Waals surface area contributed by atoms with Crippen LogP contribution in [0.2, 0.25) is 0 Å². The number of halogens is 2. The van der Waals surface area contributed by atoms with Crippen molar-refractivity contribution in [1.29, 1.82) is 5.26 Å². The van der Waals surface area contributed by atoms with Crippen LogP contribution in [0.5, 0.6) is 5.75 Å². The lowest BCUT2D eigenvalue weighted by Crippen LogP contribution is -2.07. The molecule has 1 N–H and O–H groups in total. The normalized spacial score (nSPS) is 10.7. The third-order valence-corrected chi connectivity index (χ3v) is 5.56. The van der Waals surface area contributed by atoms with Crippen molar-refractivity contribution in [3.63, 3.8) is 0 Å². The van der Waals surface area contributed by atoms with Crippen molar-refractivity contribution in [2.24, 2.45) is 0 Å². The lowest BCUT2D eigenvalue weighted by molar-refractivity contribution is -0.111. The summed E-state index contributed by atoms with van der Waals surface area (Å²) >= 11 is 8.24. The SMILES string of the molecule is COc1c(Br)cc(Br)cc1/C=C/C(=O)Nc1sc(C)c(C)c1C#N. The summed E-state index contributed by atoms with van der Waals surface area (Å²) in [5.74, 6) is 0.341. The summed E-state index contributed by atoms with van der Waals surface area (Å²) in [6.45, 7) is 3.80. The van der Waals surface area contributed by atoms with Crippen molar-refractivity contribution in [3.05, 3.63) is 48.7 Å². The lowest BCUT2D eigenvalue weighted by Gasteiger charge is -2.08. The number of aryl methyl sites for hydroxylation is 1. The molecule has 0 fully saturated rings. The summed E-state index contributed by atoms with van der Waals surface area (Å²) in [6.07, 6.45) is 3.09. The molecular formula is C17H14Br2N2O2S. The van der Waals surface area contributed by atoms with E-state index in [4.69, 9.17) is 4.74 Å². The highest BCUT2D eigenvalue weighted by molar-refractivity contribution is 9.11. The summed E-state index contributed by atoms with van der Waals surface area (Å²) in [7, 11) is 1.57. The van der Waals surface area contributed by atoms with E-state index >= 15 is 0 Å². The number of hydrogen-bond donors (Lipinski definition) is 1. The third-order valence-electron chi connectivity index (χ3n) is 3.39. The fourth-order valence-electron chi connectivity index (χ4n) is 2.09. The number of methoxy groups -OCH3 is 1. The monoisotopic (exact) mass is 468 g/mol. The van der Waals surface area contributed by atoms with Gasteiger partial charge in [-0.15, -0.1) is 11.3 Å². The number of anilines is 1. The third kappa shape index (κ3) is 4.07. The topological polar surface area (TPSA) is 62.1 Å². The van der Waals surface area contributed by atoms with E-state index in [0.717, 1.165) is 24.9 Å². The number of benzene rings is 1. The van der Waals surface area contributed by atoms with Crippen LogP contribution >= 0.6 is 43.2 Å². The van der Waals surface area contributed by atoms with E-state index in [0.29, 0.717) is 16.3 Å². The van der Waals surface area contributed by atoms with E-state index in [1.807, 2.05) is 26.0 Å². The van der Waals surface area contributed by atoms with Crippen molar-refractivity contribution in [2.75, 3.05) is 12.4 Å². The predicted octanol–water partition coefficient (Wildman–Crippen LogP) is 5.42. The number of carbonyl (C=O) groups is 1. The Bertz CT molecular complexity index is 866. The summed E-state index contributed by atoms with van der Waals surface area (Å²) in [4.78, 5) is 13.2. The molecule has 0 aliphatic rings. The number of hydrogen-bond acceptors (Lipinski definition) is 4. The molecule has 0 saturated carbocycles. The molecule has 0 aliphatic heterocycles. The van der Waals surface area contributed by atoms with Crippen LogP contribution in [0, 0.1) is 25.2 Å². The van der Waals surface area contributed by atoms with Gasteiger partial charge in [0.2, 0.25) is 5.91 Å². The van der Waals surface area contributed by atoms with Gasteiger partial charge in [-0.25, -0.2) is 0 Å². The Hall–Kier alpha value is -1.62. The molecule has 0 unspecified atom stereocenters. The molecule has 1 aromatic carbocycles. The van der Waals surface area contributed by atoms with Gasteiger partial charge >= 0.3 is 0 Å². The van der Waals surface area contributed by atoms with E-state index in [9.17, 15) is 10.1 Å².